The molecule has 1 aliphatic heterocycles. The van der Waals surface area contributed by atoms with Crippen LogP contribution in [0.3, 0.4) is 0 Å². The quantitative estimate of drug-likeness (QED) is 0.717. The van der Waals surface area contributed by atoms with Gasteiger partial charge in [0.05, 0.1) is 5.25 Å². The normalized spacial score (nSPS) is 38.4. The molecule has 2 bridgehead atoms. The van der Waals surface area contributed by atoms with Crippen LogP contribution in [0.5, 0.6) is 0 Å². The Balaban J connectivity index is 2.22. The van der Waals surface area contributed by atoms with Crippen molar-refractivity contribution in [1.82, 2.24) is 4.31 Å². The fraction of sp³-hybridized carbons (Fsp3) is 1.00. The van der Waals surface area contributed by atoms with Crippen LogP contribution >= 0.6 is 0 Å². The third-order valence-electron chi connectivity index (χ3n) is 3.41. The zero-order valence-corrected chi connectivity index (χ0v) is 9.50. The average Bonchev–Trinajstić information content (AvgIpc) is 2.61. The van der Waals surface area contributed by atoms with Crippen molar-refractivity contribution in [2.45, 2.75) is 44.0 Å². The lowest BCUT2D eigenvalue weighted by molar-refractivity contribution is 0.300. The molecule has 0 aromatic heterocycles. The number of sulfonamides is 1. The summed E-state index contributed by atoms with van der Waals surface area (Å²) in [5, 5.41) is -0.325. The fourth-order valence-electron chi connectivity index (χ4n) is 2.59. The predicted molar refractivity (Wildman–Crippen MR) is 55.2 cm³/mol. The molecule has 1 saturated carbocycles. The number of fused-ring (bicyclic) bond motifs is 2. The van der Waals surface area contributed by atoms with Crippen molar-refractivity contribution in [3.05, 3.63) is 0 Å². The first-order chi connectivity index (χ1) is 6.43. The molecule has 1 saturated heterocycles. The Kier molecular flexibility index (Phi) is 2.36. The van der Waals surface area contributed by atoms with Crippen molar-refractivity contribution in [2.24, 2.45) is 11.7 Å². The highest BCUT2D eigenvalue weighted by molar-refractivity contribution is 7.89. The van der Waals surface area contributed by atoms with Crippen molar-refractivity contribution in [3.8, 4) is 0 Å². The Morgan fingerprint density at radius 3 is 2.43 bits per heavy atom. The van der Waals surface area contributed by atoms with E-state index in [2.05, 4.69) is 0 Å². The van der Waals surface area contributed by atoms with Gasteiger partial charge < -0.3 is 5.73 Å². The molecule has 82 valence electrons. The highest BCUT2D eigenvalue weighted by Crippen LogP contribution is 2.39. The van der Waals surface area contributed by atoms with Crippen molar-refractivity contribution in [1.29, 1.82) is 0 Å². The van der Waals surface area contributed by atoms with Gasteiger partial charge in [-0.15, -0.1) is 0 Å². The number of piperidine rings is 1. The Hall–Kier alpha value is -0.130. The zero-order valence-electron chi connectivity index (χ0n) is 8.68. The van der Waals surface area contributed by atoms with Gasteiger partial charge in [-0.2, -0.15) is 4.31 Å². The molecule has 3 atom stereocenters. The molecule has 1 heterocycles. The molecule has 14 heavy (non-hydrogen) atoms. The van der Waals surface area contributed by atoms with E-state index < -0.39 is 10.0 Å². The maximum atomic E-state index is 11.9. The monoisotopic (exact) mass is 218 g/mol. The van der Waals surface area contributed by atoms with Gasteiger partial charge in [-0.3, -0.25) is 0 Å². The van der Waals surface area contributed by atoms with Crippen molar-refractivity contribution >= 4 is 10.0 Å². The second-order valence-electron chi connectivity index (χ2n) is 4.73. The molecular weight excluding hydrogens is 200 g/mol. The topological polar surface area (TPSA) is 63.4 Å². The van der Waals surface area contributed by atoms with Crippen LogP contribution in [0.2, 0.25) is 0 Å². The fourth-order valence-corrected chi connectivity index (χ4v) is 4.17. The molecule has 0 amide bonds. The summed E-state index contributed by atoms with van der Waals surface area (Å²) >= 11 is 0. The second kappa shape index (κ2) is 3.18. The molecule has 5 heteroatoms. The van der Waals surface area contributed by atoms with Gasteiger partial charge in [-0.25, -0.2) is 8.42 Å². The van der Waals surface area contributed by atoms with Gasteiger partial charge >= 0.3 is 0 Å². The molecule has 2 fully saturated rings. The number of rotatable bonds is 2. The SMILES string of the molecule is CC(C)S(=O)(=O)N1CC2CC(N)C1C2. The predicted octanol–water partition coefficient (Wildman–Crippen LogP) is 0.146. The maximum Gasteiger partial charge on any atom is 0.216 e. The highest BCUT2D eigenvalue weighted by atomic mass is 32.2. The molecule has 0 aromatic carbocycles. The molecular formula is C9H18N2O2S. The van der Waals surface area contributed by atoms with E-state index in [1.54, 1.807) is 18.2 Å². The van der Waals surface area contributed by atoms with Crippen LogP contribution in [-0.4, -0.2) is 36.6 Å². The summed E-state index contributed by atoms with van der Waals surface area (Å²) in [7, 11) is -3.09. The summed E-state index contributed by atoms with van der Waals surface area (Å²) in [6.07, 6.45) is 1.96. The van der Waals surface area contributed by atoms with Gasteiger partial charge in [0.1, 0.15) is 0 Å². The van der Waals surface area contributed by atoms with E-state index in [-0.39, 0.29) is 17.3 Å². The summed E-state index contributed by atoms with van der Waals surface area (Å²) in [6, 6.07) is 0.134. The Labute approximate surface area is 85.5 Å². The van der Waals surface area contributed by atoms with Crippen LogP contribution in [0.15, 0.2) is 0 Å². The van der Waals surface area contributed by atoms with Crippen LogP contribution in [0, 0.1) is 5.92 Å². The average molecular weight is 218 g/mol. The van der Waals surface area contributed by atoms with Gasteiger partial charge in [-0.1, -0.05) is 0 Å². The van der Waals surface area contributed by atoms with Gasteiger partial charge in [0.2, 0.25) is 10.0 Å². The van der Waals surface area contributed by atoms with Gasteiger partial charge in [0.25, 0.3) is 0 Å². The minimum Gasteiger partial charge on any atom is -0.326 e. The van der Waals surface area contributed by atoms with Crippen LogP contribution in [0.25, 0.3) is 0 Å². The highest BCUT2D eigenvalue weighted by Gasteiger charge is 2.48. The minimum atomic E-state index is -3.09. The van der Waals surface area contributed by atoms with Gasteiger partial charge in [-0.05, 0) is 32.6 Å². The number of nitrogens with zero attached hydrogens (tertiary/aromatic N) is 1. The summed E-state index contributed by atoms with van der Waals surface area (Å²) in [5.74, 6) is 0.503. The first-order valence-corrected chi connectivity index (χ1v) is 6.69. The maximum absolute atomic E-state index is 11.9. The van der Waals surface area contributed by atoms with Crippen LogP contribution in [0.4, 0.5) is 0 Å². The standard InChI is InChI=1S/C9H18N2O2S/c1-6(2)14(12,13)11-5-7-3-8(10)9(11)4-7/h6-9H,3-5,10H2,1-2H3. The molecule has 2 N–H and O–H groups in total. The Morgan fingerprint density at radius 2 is 2.00 bits per heavy atom. The molecule has 3 unspecified atom stereocenters. The molecule has 0 aromatic rings. The van der Waals surface area contributed by atoms with Gasteiger partial charge in [0.15, 0.2) is 0 Å². The van der Waals surface area contributed by atoms with Crippen LogP contribution in [-0.2, 0) is 10.0 Å². The minimum absolute atomic E-state index is 0.0577. The molecule has 1 aliphatic carbocycles. The summed E-state index contributed by atoms with van der Waals surface area (Å²) in [6.45, 7) is 4.15. The summed E-state index contributed by atoms with van der Waals surface area (Å²) in [5.41, 5.74) is 5.90. The second-order valence-corrected chi connectivity index (χ2v) is 7.17. The van der Waals surface area contributed by atoms with E-state index in [4.69, 9.17) is 5.73 Å². The van der Waals surface area contributed by atoms with E-state index in [1.165, 1.54) is 0 Å². The summed E-state index contributed by atoms with van der Waals surface area (Å²) in [4.78, 5) is 0. The first-order valence-electron chi connectivity index (χ1n) is 5.19. The van der Waals surface area contributed by atoms with Gasteiger partial charge in [0, 0.05) is 18.6 Å². The van der Waals surface area contributed by atoms with E-state index >= 15 is 0 Å². The number of hydrogen-bond acceptors (Lipinski definition) is 3. The van der Waals surface area contributed by atoms with Crippen LogP contribution in [0.1, 0.15) is 26.7 Å². The third-order valence-corrected chi connectivity index (χ3v) is 5.67. The molecule has 0 radical (unpaired) electrons. The van der Waals surface area contributed by atoms with E-state index in [9.17, 15) is 8.42 Å². The Bertz CT molecular complexity index is 326. The smallest absolute Gasteiger partial charge is 0.216 e. The van der Waals surface area contributed by atoms with Crippen molar-refractivity contribution in [3.63, 3.8) is 0 Å². The summed E-state index contributed by atoms with van der Waals surface area (Å²) < 4.78 is 25.5. The Morgan fingerprint density at radius 1 is 1.36 bits per heavy atom. The lowest BCUT2D eigenvalue weighted by atomic mass is 10.1. The third kappa shape index (κ3) is 1.38. The molecule has 0 spiro atoms. The van der Waals surface area contributed by atoms with E-state index in [0.29, 0.717) is 12.5 Å². The van der Waals surface area contributed by atoms with Crippen molar-refractivity contribution < 1.29 is 8.42 Å². The first kappa shape index (κ1) is 10.4. The molecule has 2 aliphatic rings. The molecule has 4 nitrogen and oxygen atoms in total. The largest absolute Gasteiger partial charge is 0.326 e. The van der Waals surface area contributed by atoms with Crippen molar-refractivity contribution in [2.75, 3.05) is 6.54 Å². The van der Waals surface area contributed by atoms with Crippen LogP contribution < -0.4 is 5.73 Å². The lowest BCUT2D eigenvalue weighted by Gasteiger charge is -2.31. The number of hydrogen-bond donors (Lipinski definition) is 1. The molecule has 2 rings (SSSR count). The van der Waals surface area contributed by atoms with E-state index in [1.807, 2.05) is 0 Å². The van der Waals surface area contributed by atoms with E-state index in [0.717, 1.165) is 12.8 Å². The lowest BCUT2D eigenvalue weighted by Crippen LogP contribution is -2.50. The number of nitrogens with two attached hydrogens (primary N) is 1. The zero-order chi connectivity index (χ0) is 10.5.